The van der Waals surface area contributed by atoms with Gasteiger partial charge in [0.25, 0.3) is 5.91 Å². The van der Waals surface area contributed by atoms with Crippen molar-refractivity contribution in [1.29, 1.82) is 0 Å². The molecule has 0 aliphatic carbocycles. The fourth-order valence-electron chi connectivity index (χ4n) is 4.80. The second kappa shape index (κ2) is 7.67. The molecule has 1 aromatic rings. The molecule has 0 N–H and O–H groups in total. The number of hydrogen-bond acceptors (Lipinski definition) is 6. The predicted molar refractivity (Wildman–Crippen MR) is 102 cm³/mol. The largest absolute Gasteiger partial charge is 0.480 e. The molecule has 2 fully saturated rings. The van der Waals surface area contributed by atoms with E-state index in [-0.39, 0.29) is 18.2 Å². The molecule has 8 heteroatoms. The average Bonchev–Trinajstić information content (AvgIpc) is 3.29. The van der Waals surface area contributed by atoms with Gasteiger partial charge in [-0.15, -0.1) is 0 Å². The van der Waals surface area contributed by atoms with Gasteiger partial charge in [-0.3, -0.25) is 19.2 Å². The Hall–Kier alpha value is -2.61. The molecule has 4 rings (SSSR count). The molecule has 2 amide bonds. The Bertz CT molecular complexity index is 792. The smallest absolute Gasteiger partial charge is 0.311 e. The Labute approximate surface area is 169 Å². The molecular weight excluding hydrogens is 376 g/mol. The Morgan fingerprint density at radius 3 is 2.59 bits per heavy atom. The van der Waals surface area contributed by atoms with Crippen LogP contribution in [0.25, 0.3) is 0 Å². The maximum atomic E-state index is 13.0. The number of para-hydroxylation sites is 1. The van der Waals surface area contributed by atoms with Crippen LogP contribution in [0.4, 0.5) is 0 Å². The van der Waals surface area contributed by atoms with E-state index in [1.807, 2.05) is 24.3 Å². The van der Waals surface area contributed by atoms with Gasteiger partial charge in [-0.25, -0.2) is 5.06 Å². The molecule has 0 radical (unpaired) electrons. The van der Waals surface area contributed by atoms with Gasteiger partial charge in [0.05, 0.1) is 25.2 Å². The predicted octanol–water partition coefficient (Wildman–Crippen LogP) is 1.32. The molecule has 156 valence electrons. The van der Waals surface area contributed by atoms with Gasteiger partial charge in [0.15, 0.2) is 6.10 Å². The van der Waals surface area contributed by atoms with Gasteiger partial charge >= 0.3 is 5.97 Å². The third kappa shape index (κ3) is 3.25. The molecule has 8 nitrogen and oxygen atoms in total. The lowest BCUT2D eigenvalue weighted by Gasteiger charge is -2.45. The van der Waals surface area contributed by atoms with E-state index in [4.69, 9.17) is 14.3 Å². The van der Waals surface area contributed by atoms with Gasteiger partial charge in [0.2, 0.25) is 5.91 Å². The fraction of sp³-hybridized carbons (Fsp3) is 0.571. The number of amides is 2. The van der Waals surface area contributed by atoms with Crippen LogP contribution in [0.3, 0.4) is 0 Å². The van der Waals surface area contributed by atoms with Crippen molar-refractivity contribution in [1.82, 2.24) is 9.96 Å². The monoisotopic (exact) mass is 402 g/mol. The molecule has 1 aromatic carbocycles. The summed E-state index contributed by atoms with van der Waals surface area (Å²) in [6.45, 7) is 3.00. The topological polar surface area (TPSA) is 85.4 Å². The Morgan fingerprint density at radius 1 is 1.21 bits per heavy atom. The molecule has 2 saturated heterocycles. The van der Waals surface area contributed by atoms with Crippen molar-refractivity contribution < 1.29 is 28.7 Å². The van der Waals surface area contributed by atoms with Crippen LogP contribution in [0, 0.1) is 5.92 Å². The van der Waals surface area contributed by atoms with Crippen LogP contribution in [0.1, 0.15) is 31.7 Å². The Morgan fingerprint density at radius 2 is 1.93 bits per heavy atom. The Balaban J connectivity index is 1.47. The van der Waals surface area contributed by atoms with Crippen LogP contribution in [-0.4, -0.2) is 66.2 Å². The van der Waals surface area contributed by atoms with Crippen molar-refractivity contribution in [2.75, 3.05) is 26.8 Å². The summed E-state index contributed by atoms with van der Waals surface area (Å²) in [6, 6.07) is 7.67. The molecule has 1 spiro atoms. The number of fused-ring (bicyclic) bond motifs is 1. The lowest BCUT2D eigenvalue weighted by molar-refractivity contribution is -0.221. The third-order valence-corrected chi connectivity index (χ3v) is 6.27. The van der Waals surface area contributed by atoms with Crippen molar-refractivity contribution in [3.05, 3.63) is 29.8 Å². The van der Waals surface area contributed by atoms with Crippen molar-refractivity contribution in [3.8, 4) is 5.75 Å². The van der Waals surface area contributed by atoms with Gasteiger partial charge < -0.3 is 14.4 Å². The summed E-state index contributed by atoms with van der Waals surface area (Å²) in [5.41, 5.74) is 0.269. The zero-order valence-corrected chi connectivity index (χ0v) is 16.8. The highest BCUT2D eigenvalue weighted by Crippen LogP contribution is 2.44. The van der Waals surface area contributed by atoms with Gasteiger partial charge in [0.1, 0.15) is 5.75 Å². The SMILES string of the molecule is CCON1C(=O)C[C@H](C(=O)OC)C12CCN(C(=O)[C@H]1Cc3ccccc3O1)CC2. The van der Waals surface area contributed by atoms with Crippen LogP contribution in [0.15, 0.2) is 24.3 Å². The maximum Gasteiger partial charge on any atom is 0.311 e. The number of hydroxylamine groups is 2. The average molecular weight is 402 g/mol. The highest BCUT2D eigenvalue weighted by Gasteiger charge is 2.58. The highest BCUT2D eigenvalue weighted by atomic mass is 16.7. The minimum atomic E-state index is -0.767. The van der Waals surface area contributed by atoms with E-state index < -0.39 is 23.5 Å². The first-order valence-corrected chi connectivity index (χ1v) is 10.1. The van der Waals surface area contributed by atoms with E-state index in [9.17, 15) is 14.4 Å². The quantitative estimate of drug-likeness (QED) is 0.707. The maximum absolute atomic E-state index is 13.0. The minimum Gasteiger partial charge on any atom is -0.480 e. The van der Waals surface area contributed by atoms with Crippen molar-refractivity contribution in [3.63, 3.8) is 0 Å². The zero-order chi connectivity index (χ0) is 20.6. The number of carbonyl (C=O) groups is 3. The number of hydrogen-bond donors (Lipinski definition) is 0. The zero-order valence-electron chi connectivity index (χ0n) is 16.8. The molecule has 2 atom stereocenters. The standard InChI is InChI=1S/C21H26N2O6/c1-3-28-23-18(24)13-15(20(26)27-2)21(23)8-10-22(11-9-21)19(25)17-12-14-6-4-5-7-16(14)29-17/h4-7,15,17H,3,8-13H2,1-2H3/t15-,17-/m1/s1. The van der Waals surface area contributed by atoms with E-state index in [0.29, 0.717) is 39.0 Å². The van der Waals surface area contributed by atoms with Gasteiger partial charge in [0, 0.05) is 25.9 Å². The number of rotatable bonds is 4. The van der Waals surface area contributed by atoms with Crippen LogP contribution in [0.5, 0.6) is 5.75 Å². The van der Waals surface area contributed by atoms with Gasteiger partial charge in [-0.1, -0.05) is 18.2 Å². The highest BCUT2D eigenvalue weighted by molar-refractivity contribution is 5.88. The van der Waals surface area contributed by atoms with Crippen LogP contribution < -0.4 is 4.74 Å². The van der Waals surface area contributed by atoms with E-state index in [1.165, 1.54) is 12.2 Å². The van der Waals surface area contributed by atoms with Crippen molar-refractivity contribution in [2.24, 2.45) is 5.92 Å². The first-order valence-electron chi connectivity index (χ1n) is 10.1. The summed E-state index contributed by atoms with van der Waals surface area (Å²) in [5, 5.41) is 1.37. The summed E-state index contributed by atoms with van der Waals surface area (Å²) in [6.07, 6.45) is 1.03. The van der Waals surface area contributed by atoms with E-state index in [1.54, 1.807) is 11.8 Å². The summed E-state index contributed by atoms with van der Waals surface area (Å²) in [5.74, 6) is -0.505. The second-order valence-corrected chi connectivity index (χ2v) is 7.73. The number of esters is 1. The minimum absolute atomic E-state index is 0.0575. The molecule has 29 heavy (non-hydrogen) atoms. The molecule has 0 saturated carbocycles. The van der Waals surface area contributed by atoms with Crippen molar-refractivity contribution in [2.45, 2.75) is 44.2 Å². The lowest BCUT2D eigenvalue weighted by atomic mass is 9.77. The van der Waals surface area contributed by atoms with Gasteiger partial charge in [-0.2, -0.15) is 0 Å². The molecule has 0 unspecified atom stereocenters. The van der Waals surface area contributed by atoms with Crippen LogP contribution in [0.2, 0.25) is 0 Å². The number of ether oxygens (including phenoxy) is 2. The van der Waals surface area contributed by atoms with E-state index in [2.05, 4.69) is 0 Å². The molecule has 3 aliphatic heterocycles. The third-order valence-electron chi connectivity index (χ3n) is 6.27. The molecule has 0 aromatic heterocycles. The van der Waals surface area contributed by atoms with E-state index >= 15 is 0 Å². The lowest BCUT2D eigenvalue weighted by Crippen LogP contribution is -2.59. The molecule has 0 bridgehead atoms. The van der Waals surface area contributed by atoms with Gasteiger partial charge in [-0.05, 0) is 31.4 Å². The first kappa shape index (κ1) is 19.7. The number of benzene rings is 1. The summed E-state index contributed by atoms with van der Waals surface area (Å²) in [4.78, 5) is 45.3. The normalized spacial score (nSPS) is 25.1. The van der Waals surface area contributed by atoms with Crippen LogP contribution in [-0.2, 0) is 30.4 Å². The molecule has 3 heterocycles. The van der Waals surface area contributed by atoms with Crippen molar-refractivity contribution >= 4 is 17.8 Å². The Kier molecular flexibility index (Phi) is 5.21. The van der Waals surface area contributed by atoms with Crippen LogP contribution >= 0.6 is 0 Å². The fourth-order valence-corrected chi connectivity index (χ4v) is 4.80. The number of methoxy groups -OCH3 is 1. The summed E-state index contributed by atoms with van der Waals surface area (Å²) in [7, 11) is 1.33. The number of piperidine rings is 1. The molecular formula is C21H26N2O6. The summed E-state index contributed by atoms with van der Waals surface area (Å²) < 4.78 is 10.8. The molecule has 3 aliphatic rings. The van der Waals surface area contributed by atoms with E-state index in [0.717, 1.165) is 11.3 Å². The first-order chi connectivity index (χ1) is 14.0. The number of likely N-dealkylation sites (tertiary alicyclic amines) is 1. The summed E-state index contributed by atoms with van der Waals surface area (Å²) >= 11 is 0. The number of carbonyl (C=O) groups excluding carboxylic acids is 3. The second-order valence-electron chi connectivity index (χ2n) is 7.73. The number of nitrogens with zero attached hydrogens (tertiary/aromatic N) is 2.